The Balaban J connectivity index is 1.92. The molecule has 1 aliphatic rings. The maximum atomic E-state index is 12.8. The summed E-state index contributed by atoms with van der Waals surface area (Å²) in [6.45, 7) is 2.28. The summed E-state index contributed by atoms with van der Waals surface area (Å²) in [6, 6.07) is 5.62. The van der Waals surface area contributed by atoms with Gasteiger partial charge in [-0.1, -0.05) is 38.5 Å². The average Bonchev–Trinajstić information content (AvgIpc) is 2.76. The zero-order valence-electron chi connectivity index (χ0n) is 18.8. The summed E-state index contributed by atoms with van der Waals surface area (Å²) in [5.41, 5.74) is 0.379. The van der Waals surface area contributed by atoms with Crippen molar-refractivity contribution in [2.45, 2.75) is 83.2 Å². The summed E-state index contributed by atoms with van der Waals surface area (Å²) in [5.74, 6) is -0.566. The third-order valence-electron chi connectivity index (χ3n) is 5.95. The van der Waals surface area contributed by atoms with Gasteiger partial charge in [0.2, 0.25) is 0 Å². The zero-order chi connectivity index (χ0) is 22.5. The molecular formula is C24H38N2O5. The largest absolute Gasteiger partial charge is 0.595 e. The molecule has 2 unspecified atom stereocenters. The standard InChI is InChI=1S/C24H38N2O5/c1-25-18-10-6-2-4-8-12-22(27)23(13-9-5-3-7-11-19-25)31-24(28)20-14-16-21(17-15-20)26(29)30/h14-17,23,26,29H,2-13,18-19H2,1H3. The molecule has 2 N–H and O–H groups in total. The highest BCUT2D eigenvalue weighted by molar-refractivity contribution is 5.93. The SMILES string of the molecule is CN1CCCCCCCC(=O)C(OC(=O)c2ccc([NH+]([O-])O)cc2)CCCCCCC1. The van der Waals surface area contributed by atoms with Crippen LogP contribution in [0.25, 0.3) is 0 Å². The van der Waals surface area contributed by atoms with Crippen LogP contribution in [-0.2, 0) is 9.53 Å². The molecule has 1 aliphatic heterocycles. The lowest BCUT2D eigenvalue weighted by Gasteiger charge is -2.17. The topological polar surface area (TPSA) is 94.3 Å². The predicted molar refractivity (Wildman–Crippen MR) is 119 cm³/mol. The second kappa shape index (κ2) is 14.3. The number of carbonyl (C=O) groups is 2. The molecule has 2 atom stereocenters. The van der Waals surface area contributed by atoms with E-state index in [1.807, 2.05) is 0 Å². The number of nitrogens with zero attached hydrogens (tertiary/aromatic N) is 1. The van der Waals surface area contributed by atoms with Gasteiger partial charge in [-0.05, 0) is 64.4 Å². The minimum atomic E-state index is -1.05. The van der Waals surface area contributed by atoms with Crippen molar-refractivity contribution in [3.05, 3.63) is 35.0 Å². The highest BCUT2D eigenvalue weighted by Crippen LogP contribution is 2.17. The minimum Gasteiger partial charge on any atom is -0.595 e. The quantitative estimate of drug-likeness (QED) is 0.555. The Morgan fingerprint density at radius 3 is 2.13 bits per heavy atom. The smallest absolute Gasteiger partial charge is 0.338 e. The van der Waals surface area contributed by atoms with Gasteiger partial charge in [0, 0.05) is 18.6 Å². The fraction of sp³-hybridized carbons (Fsp3) is 0.667. The Bertz CT molecular complexity index is 662. The fourth-order valence-electron chi connectivity index (χ4n) is 3.96. The van der Waals surface area contributed by atoms with Crippen molar-refractivity contribution >= 4 is 17.4 Å². The van der Waals surface area contributed by atoms with Crippen molar-refractivity contribution in [2.75, 3.05) is 20.1 Å². The van der Waals surface area contributed by atoms with Crippen LogP contribution in [-0.4, -0.2) is 48.1 Å². The predicted octanol–water partition coefficient (Wildman–Crippen LogP) is 3.81. The number of rotatable bonds is 3. The molecule has 1 heterocycles. The van der Waals surface area contributed by atoms with Gasteiger partial charge in [-0.2, -0.15) is 5.23 Å². The van der Waals surface area contributed by atoms with E-state index < -0.39 is 17.3 Å². The molecule has 7 nitrogen and oxygen atoms in total. The van der Waals surface area contributed by atoms with Gasteiger partial charge in [-0.25, -0.2) is 10.0 Å². The normalized spacial score (nSPS) is 22.4. The van der Waals surface area contributed by atoms with Gasteiger partial charge in [-0.15, -0.1) is 0 Å². The molecule has 31 heavy (non-hydrogen) atoms. The third-order valence-corrected chi connectivity index (χ3v) is 5.95. The van der Waals surface area contributed by atoms with Crippen LogP contribution in [0.4, 0.5) is 5.69 Å². The van der Waals surface area contributed by atoms with Gasteiger partial charge in [0.05, 0.1) is 5.56 Å². The Morgan fingerprint density at radius 1 is 0.968 bits per heavy atom. The van der Waals surface area contributed by atoms with E-state index in [1.54, 1.807) is 0 Å². The molecule has 174 valence electrons. The number of ketones is 1. The Labute approximate surface area is 185 Å². The lowest BCUT2D eigenvalue weighted by molar-refractivity contribution is -0.991. The van der Waals surface area contributed by atoms with Crippen molar-refractivity contribution in [1.82, 2.24) is 4.90 Å². The first-order valence-electron chi connectivity index (χ1n) is 11.7. The van der Waals surface area contributed by atoms with E-state index >= 15 is 0 Å². The molecule has 0 aliphatic carbocycles. The van der Waals surface area contributed by atoms with Crippen LogP contribution in [0.5, 0.6) is 0 Å². The van der Waals surface area contributed by atoms with Crippen molar-refractivity contribution in [3.8, 4) is 0 Å². The summed E-state index contributed by atoms with van der Waals surface area (Å²) < 4.78 is 5.59. The van der Waals surface area contributed by atoms with E-state index in [9.17, 15) is 14.8 Å². The molecule has 0 radical (unpaired) electrons. The van der Waals surface area contributed by atoms with Crippen LogP contribution in [0.15, 0.2) is 24.3 Å². The second-order valence-corrected chi connectivity index (χ2v) is 8.62. The van der Waals surface area contributed by atoms with Crippen molar-refractivity contribution in [2.24, 2.45) is 0 Å². The lowest BCUT2D eigenvalue weighted by atomic mass is 10.0. The van der Waals surface area contributed by atoms with Crippen LogP contribution in [0.2, 0.25) is 0 Å². The molecule has 0 aromatic heterocycles. The molecule has 1 aromatic carbocycles. The van der Waals surface area contributed by atoms with E-state index in [2.05, 4.69) is 11.9 Å². The van der Waals surface area contributed by atoms with Crippen molar-refractivity contribution < 1.29 is 24.8 Å². The maximum Gasteiger partial charge on any atom is 0.338 e. The van der Waals surface area contributed by atoms with Gasteiger partial charge in [0.1, 0.15) is 0 Å². The number of carbonyl (C=O) groups excluding carboxylic acids is 2. The van der Waals surface area contributed by atoms with E-state index in [4.69, 9.17) is 9.94 Å². The fourth-order valence-corrected chi connectivity index (χ4v) is 3.96. The van der Waals surface area contributed by atoms with Gasteiger partial charge in [0.15, 0.2) is 17.6 Å². The van der Waals surface area contributed by atoms with E-state index in [-0.39, 0.29) is 17.0 Å². The summed E-state index contributed by atoms with van der Waals surface area (Å²) in [7, 11) is 2.20. The first-order valence-corrected chi connectivity index (χ1v) is 11.7. The number of hydrogen-bond donors (Lipinski definition) is 2. The number of Topliss-reactive ketones (excluding diaryl/α,β-unsaturated/α-hetero) is 1. The van der Waals surface area contributed by atoms with E-state index in [0.29, 0.717) is 12.8 Å². The monoisotopic (exact) mass is 434 g/mol. The highest BCUT2D eigenvalue weighted by atomic mass is 16.8. The Morgan fingerprint density at radius 2 is 1.52 bits per heavy atom. The molecule has 1 fully saturated rings. The first-order chi connectivity index (χ1) is 15.0. The van der Waals surface area contributed by atoms with Gasteiger partial charge in [0.25, 0.3) is 0 Å². The number of ether oxygens (including phenoxy) is 1. The lowest BCUT2D eigenvalue weighted by Crippen LogP contribution is -2.99. The molecule has 0 spiro atoms. The molecule has 2 rings (SSSR count). The molecule has 0 amide bonds. The third kappa shape index (κ3) is 9.91. The Hall–Kier alpha value is -1.80. The molecule has 0 saturated carbocycles. The highest BCUT2D eigenvalue weighted by Gasteiger charge is 2.23. The average molecular weight is 435 g/mol. The molecule has 7 heteroatoms. The molecular weight excluding hydrogens is 396 g/mol. The molecule has 1 aromatic rings. The van der Waals surface area contributed by atoms with Crippen molar-refractivity contribution in [3.63, 3.8) is 0 Å². The summed E-state index contributed by atoms with van der Waals surface area (Å²) in [4.78, 5) is 27.7. The molecule has 1 saturated heterocycles. The van der Waals surface area contributed by atoms with Crippen molar-refractivity contribution in [1.29, 1.82) is 0 Å². The second-order valence-electron chi connectivity index (χ2n) is 8.62. The van der Waals surface area contributed by atoms with Crippen LogP contribution >= 0.6 is 0 Å². The number of esters is 1. The number of quaternary nitrogens is 1. The van der Waals surface area contributed by atoms with Gasteiger partial charge < -0.3 is 14.8 Å². The zero-order valence-corrected chi connectivity index (χ0v) is 18.8. The molecule has 0 bridgehead atoms. The number of hydrogen-bond acceptors (Lipinski definition) is 6. The summed E-state index contributed by atoms with van der Waals surface area (Å²) in [6.07, 6.45) is 11.0. The summed E-state index contributed by atoms with van der Waals surface area (Å²) in [5, 5.41) is 18.9. The minimum absolute atomic E-state index is 0.000411. The first kappa shape index (κ1) is 25.5. The summed E-state index contributed by atoms with van der Waals surface area (Å²) >= 11 is 0. The maximum absolute atomic E-state index is 12.8. The van der Waals surface area contributed by atoms with Crippen LogP contribution < -0.4 is 5.23 Å². The van der Waals surface area contributed by atoms with Crippen LogP contribution in [0.1, 0.15) is 87.4 Å². The number of nitrogens with one attached hydrogen (secondary N) is 1. The van der Waals surface area contributed by atoms with Crippen LogP contribution in [0, 0.1) is 5.21 Å². The van der Waals surface area contributed by atoms with E-state index in [0.717, 1.165) is 51.6 Å². The van der Waals surface area contributed by atoms with Gasteiger partial charge in [-0.3, -0.25) is 4.79 Å². The van der Waals surface area contributed by atoms with E-state index in [1.165, 1.54) is 49.9 Å². The van der Waals surface area contributed by atoms with Gasteiger partial charge >= 0.3 is 5.97 Å². The number of benzene rings is 1. The Kier molecular flexibility index (Phi) is 11.7. The van der Waals surface area contributed by atoms with Crippen LogP contribution in [0.3, 0.4) is 0 Å².